The Morgan fingerprint density at radius 1 is 1.36 bits per heavy atom. The molecule has 2 heterocycles. The van der Waals surface area contributed by atoms with Crippen molar-refractivity contribution in [1.29, 1.82) is 0 Å². The van der Waals surface area contributed by atoms with Crippen molar-refractivity contribution >= 4 is 5.91 Å². The van der Waals surface area contributed by atoms with E-state index < -0.39 is 0 Å². The van der Waals surface area contributed by atoms with E-state index in [4.69, 9.17) is 4.42 Å². The molecule has 1 aliphatic carbocycles. The molecule has 3 atom stereocenters. The third kappa shape index (κ3) is 3.54. The quantitative estimate of drug-likeness (QED) is 0.909. The summed E-state index contributed by atoms with van der Waals surface area (Å²) in [5, 5.41) is 3.01. The van der Waals surface area contributed by atoms with Crippen LogP contribution < -0.4 is 5.32 Å². The van der Waals surface area contributed by atoms with Gasteiger partial charge in [-0.3, -0.25) is 4.79 Å². The zero-order chi connectivity index (χ0) is 15.5. The van der Waals surface area contributed by atoms with E-state index >= 15 is 0 Å². The lowest BCUT2D eigenvalue weighted by molar-refractivity contribution is -0.124. The van der Waals surface area contributed by atoms with Crippen molar-refractivity contribution in [2.24, 2.45) is 17.8 Å². The molecular formula is C18H28N2O2. The van der Waals surface area contributed by atoms with Gasteiger partial charge >= 0.3 is 0 Å². The molecular weight excluding hydrogens is 276 g/mol. The Morgan fingerprint density at radius 2 is 2.09 bits per heavy atom. The van der Waals surface area contributed by atoms with Gasteiger partial charge in [-0.2, -0.15) is 0 Å². The van der Waals surface area contributed by atoms with Crippen LogP contribution in [0.2, 0.25) is 0 Å². The lowest BCUT2D eigenvalue weighted by Gasteiger charge is -2.48. The van der Waals surface area contributed by atoms with E-state index in [9.17, 15) is 4.79 Å². The molecule has 3 rings (SSSR count). The maximum atomic E-state index is 12.3. The molecule has 2 fully saturated rings. The summed E-state index contributed by atoms with van der Waals surface area (Å²) < 4.78 is 5.27. The summed E-state index contributed by atoms with van der Waals surface area (Å²) in [5.74, 6) is 2.97. The number of furan rings is 1. The number of amides is 1. The number of nitrogens with one attached hydrogen (secondary N) is 1. The first-order valence-corrected chi connectivity index (χ1v) is 8.66. The van der Waals surface area contributed by atoms with Crippen molar-refractivity contribution in [2.75, 3.05) is 13.1 Å². The maximum Gasteiger partial charge on any atom is 0.220 e. The number of carbonyl (C=O) groups is 1. The van der Waals surface area contributed by atoms with Crippen molar-refractivity contribution in [1.82, 2.24) is 10.2 Å². The smallest absolute Gasteiger partial charge is 0.220 e. The van der Waals surface area contributed by atoms with Gasteiger partial charge in [0.15, 0.2) is 0 Å². The fourth-order valence-corrected chi connectivity index (χ4v) is 4.23. The van der Waals surface area contributed by atoms with E-state index in [0.29, 0.717) is 36.8 Å². The molecule has 22 heavy (non-hydrogen) atoms. The fraction of sp³-hybridized carbons (Fsp3) is 0.722. The molecule has 1 aromatic rings. The van der Waals surface area contributed by atoms with Gasteiger partial charge in [-0.25, -0.2) is 0 Å². The molecule has 1 amide bonds. The van der Waals surface area contributed by atoms with Gasteiger partial charge in [-0.1, -0.05) is 6.42 Å². The summed E-state index contributed by atoms with van der Waals surface area (Å²) in [4.78, 5) is 14.9. The summed E-state index contributed by atoms with van der Waals surface area (Å²) >= 11 is 0. The van der Waals surface area contributed by atoms with Crippen molar-refractivity contribution in [3.8, 4) is 0 Å². The fourth-order valence-electron chi connectivity index (χ4n) is 4.23. The van der Waals surface area contributed by atoms with Crippen LogP contribution in [0.5, 0.6) is 0 Å². The molecule has 1 aromatic heterocycles. The summed E-state index contributed by atoms with van der Waals surface area (Å²) in [5.41, 5.74) is 0. The number of hydrogen-bond donors (Lipinski definition) is 1. The highest BCUT2D eigenvalue weighted by molar-refractivity contribution is 5.76. The van der Waals surface area contributed by atoms with E-state index in [2.05, 4.69) is 24.1 Å². The number of fused-ring (bicyclic) bond motifs is 2. The molecule has 1 N–H and O–H groups in total. The van der Waals surface area contributed by atoms with E-state index in [1.165, 1.54) is 32.4 Å². The molecule has 122 valence electrons. The van der Waals surface area contributed by atoms with Crippen molar-refractivity contribution in [2.45, 2.75) is 52.1 Å². The first kappa shape index (κ1) is 15.6. The molecule has 1 unspecified atom stereocenters. The summed E-state index contributed by atoms with van der Waals surface area (Å²) in [6, 6.07) is 4.38. The summed E-state index contributed by atoms with van der Waals surface area (Å²) in [6.45, 7) is 7.42. The lowest BCUT2D eigenvalue weighted by atomic mass is 9.67. The Kier molecular flexibility index (Phi) is 4.87. The highest BCUT2D eigenvalue weighted by atomic mass is 16.3. The molecule has 0 spiro atoms. The number of piperidine rings is 1. The summed E-state index contributed by atoms with van der Waals surface area (Å²) in [6.07, 6.45) is 6.24. The van der Waals surface area contributed by atoms with Gasteiger partial charge in [-0.05, 0) is 56.6 Å². The summed E-state index contributed by atoms with van der Waals surface area (Å²) in [7, 11) is 0. The van der Waals surface area contributed by atoms with Gasteiger partial charge in [-0.15, -0.1) is 0 Å². The minimum atomic E-state index is 0.177. The third-order valence-corrected chi connectivity index (χ3v) is 5.49. The molecule has 2 aliphatic rings. The first-order valence-electron chi connectivity index (χ1n) is 8.66. The van der Waals surface area contributed by atoms with Crippen LogP contribution >= 0.6 is 0 Å². The van der Waals surface area contributed by atoms with Crippen LogP contribution in [-0.4, -0.2) is 29.9 Å². The Morgan fingerprint density at radius 3 is 2.68 bits per heavy atom. The van der Waals surface area contributed by atoms with Gasteiger partial charge in [0.25, 0.3) is 0 Å². The van der Waals surface area contributed by atoms with Crippen molar-refractivity contribution < 1.29 is 9.21 Å². The zero-order valence-corrected chi connectivity index (χ0v) is 13.8. The van der Waals surface area contributed by atoms with E-state index in [-0.39, 0.29) is 5.91 Å². The topological polar surface area (TPSA) is 45.5 Å². The van der Waals surface area contributed by atoms with E-state index in [1.807, 2.05) is 12.1 Å². The van der Waals surface area contributed by atoms with Crippen molar-refractivity contribution in [3.63, 3.8) is 0 Å². The van der Waals surface area contributed by atoms with Crippen LogP contribution in [0, 0.1) is 17.8 Å². The van der Waals surface area contributed by atoms with Crippen LogP contribution in [0.3, 0.4) is 0 Å². The maximum absolute atomic E-state index is 12.3. The van der Waals surface area contributed by atoms with Crippen molar-refractivity contribution in [3.05, 3.63) is 24.2 Å². The molecule has 1 saturated carbocycles. The third-order valence-electron chi connectivity index (χ3n) is 5.49. The highest BCUT2D eigenvalue weighted by Gasteiger charge is 2.40. The van der Waals surface area contributed by atoms with Crippen LogP contribution in [0.4, 0.5) is 0 Å². The number of rotatable bonds is 5. The lowest BCUT2D eigenvalue weighted by Crippen LogP contribution is -2.51. The standard InChI is InChI=1S/C18H28N2O2/c1-13(2)20-11-14-5-3-6-15(12-20)17(14)9-18(21)19-10-16-7-4-8-22-16/h4,7-8,13-15,17H,3,5-6,9-12H2,1-2H3,(H,19,21)/t14-,15+,17?. The van der Waals surface area contributed by atoms with Crippen LogP contribution in [0.15, 0.2) is 22.8 Å². The average molecular weight is 304 g/mol. The Labute approximate surface area is 133 Å². The minimum absolute atomic E-state index is 0.177. The number of likely N-dealkylation sites (tertiary alicyclic amines) is 1. The average Bonchev–Trinajstić information content (AvgIpc) is 2.97. The second kappa shape index (κ2) is 6.86. The SMILES string of the molecule is CC(C)N1C[C@H]2CCC[C@@H](C1)C2CC(=O)NCc1ccco1. The molecule has 1 saturated heterocycles. The van der Waals surface area contributed by atoms with Crippen LogP contribution in [0.25, 0.3) is 0 Å². The monoisotopic (exact) mass is 304 g/mol. The number of hydrogen-bond acceptors (Lipinski definition) is 3. The van der Waals surface area contributed by atoms with Gasteiger partial charge in [0.05, 0.1) is 12.8 Å². The zero-order valence-electron chi connectivity index (χ0n) is 13.8. The molecule has 4 heteroatoms. The predicted molar refractivity (Wildman–Crippen MR) is 86.2 cm³/mol. The van der Waals surface area contributed by atoms with Crippen LogP contribution in [-0.2, 0) is 11.3 Å². The van der Waals surface area contributed by atoms with Gasteiger partial charge < -0.3 is 14.6 Å². The van der Waals surface area contributed by atoms with Gasteiger partial charge in [0.2, 0.25) is 5.91 Å². The second-order valence-electron chi connectivity index (χ2n) is 7.22. The molecule has 4 nitrogen and oxygen atoms in total. The van der Waals surface area contributed by atoms with E-state index in [1.54, 1.807) is 6.26 Å². The van der Waals surface area contributed by atoms with E-state index in [0.717, 1.165) is 5.76 Å². The Balaban J connectivity index is 1.54. The largest absolute Gasteiger partial charge is 0.467 e. The molecule has 0 radical (unpaired) electrons. The molecule has 2 bridgehead atoms. The second-order valence-corrected chi connectivity index (χ2v) is 7.22. The minimum Gasteiger partial charge on any atom is -0.467 e. The predicted octanol–water partition coefficient (Wildman–Crippen LogP) is 3.04. The number of nitrogens with zero attached hydrogens (tertiary/aromatic N) is 1. The normalized spacial score (nSPS) is 28.8. The molecule has 0 aromatic carbocycles. The van der Waals surface area contributed by atoms with Gasteiger partial charge in [0.1, 0.15) is 5.76 Å². The molecule has 1 aliphatic heterocycles. The van der Waals surface area contributed by atoms with Gasteiger partial charge in [0, 0.05) is 25.6 Å². The number of carbonyl (C=O) groups excluding carboxylic acids is 1. The Hall–Kier alpha value is -1.29. The Bertz CT molecular complexity index is 469. The highest BCUT2D eigenvalue weighted by Crippen LogP contribution is 2.41. The van der Waals surface area contributed by atoms with Crippen LogP contribution in [0.1, 0.15) is 45.3 Å². The first-order chi connectivity index (χ1) is 10.6.